The van der Waals surface area contributed by atoms with Crippen LogP contribution in [-0.4, -0.2) is 29.7 Å². The maximum atomic E-state index is 11.6. The molecular weight excluding hydrogens is 248 g/mol. The molecule has 2 atom stereocenters. The predicted octanol–water partition coefficient (Wildman–Crippen LogP) is 1.62. The molecule has 1 heterocycles. The second-order valence-electron chi connectivity index (χ2n) is 4.43. The van der Waals surface area contributed by atoms with Crippen molar-refractivity contribution in [2.45, 2.75) is 32.7 Å². The van der Waals surface area contributed by atoms with Gasteiger partial charge in [-0.25, -0.2) is 9.59 Å². The third-order valence-corrected chi connectivity index (χ3v) is 3.00. The number of carboxylic acid groups (broad SMARTS) is 1. The highest BCUT2D eigenvalue weighted by molar-refractivity contribution is 5.82. The van der Waals surface area contributed by atoms with Crippen molar-refractivity contribution in [3.63, 3.8) is 0 Å². The number of carbonyl (C=O) groups excluding carboxylic acids is 1. The number of nitrogens with one attached hydrogen (secondary N) is 2. The van der Waals surface area contributed by atoms with E-state index in [1.165, 1.54) is 0 Å². The van der Waals surface area contributed by atoms with Gasteiger partial charge in [0.15, 0.2) is 0 Å². The van der Waals surface area contributed by atoms with Crippen LogP contribution in [0, 0.1) is 5.92 Å². The summed E-state index contributed by atoms with van der Waals surface area (Å²) in [7, 11) is 0. The lowest BCUT2D eigenvalue weighted by Gasteiger charge is -2.20. The maximum absolute atomic E-state index is 11.6. The van der Waals surface area contributed by atoms with Crippen molar-refractivity contribution >= 4 is 12.0 Å². The minimum absolute atomic E-state index is 0.117. The number of rotatable bonds is 7. The standard InChI is InChI=1S/C13H20N2O4/c1-3-9(2)11(12(16)17)15-13(18)14-7-6-10-5-4-8-19-10/h4-5,8-9,11H,3,6-7H2,1-2H3,(H,16,17)(H2,14,15,18)/t9?,11-/m0/s1. The number of hydrogen-bond donors (Lipinski definition) is 3. The predicted molar refractivity (Wildman–Crippen MR) is 69.8 cm³/mol. The molecule has 0 saturated heterocycles. The quantitative estimate of drug-likeness (QED) is 0.700. The summed E-state index contributed by atoms with van der Waals surface area (Å²) in [6.45, 7) is 4.07. The van der Waals surface area contributed by atoms with Gasteiger partial charge in [-0.3, -0.25) is 0 Å². The first-order valence-corrected chi connectivity index (χ1v) is 6.34. The molecule has 1 aromatic rings. The van der Waals surface area contributed by atoms with Crippen LogP contribution in [-0.2, 0) is 11.2 Å². The number of aliphatic carboxylic acids is 1. The minimum atomic E-state index is -1.02. The Kier molecular flexibility index (Phi) is 5.92. The van der Waals surface area contributed by atoms with E-state index in [0.29, 0.717) is 19.4 Å². The zero-order valence-corrected chi connectivity index (χ0v) is 11.2. The number of amides is 2. The van der Waals surface area contributed by atoms with Gasteiger partial charge in [-0.2, -0.15) is 0 Å². The Morgan fingerprint density at radius 2 is 2.21 bits per heavy atom. The van der Waals surface area contributed by atoms with Gasteiger partial charge in [0.25, 0.3) is 0 Å². The highest BCUT2D eigenvalue weighted by atomic mass is 16.4. The number of carboxylic acids is 1. The Morgan fingerprint density at radius 1 is 1.47 bits per heavy atom. The first-order valence-electron chi connectivity index (χ1n) is 6.34. The molecule has 0 aliphatic heterocycles. The molecule has 0 aliphatic carbocycles. The van der Waals surface area contributed by atoms with Gasteiger partial charge < -0.3 is 20.2 Å². The van der Waals surface area contributed by atoms with Crippen LogP contribution in [0.1, 0.15) is 26.0 Å². The van der Waals surface area contributed by atoms with Crippen LogP contribution >= 0.6 is 0 Å². The minimum Gasteiger partial charge on any atom is -0.480 e. The topological polar surface area (TPSA) is 91.6 Å². The summed E-state index contributed by atoms with van der Waals surface area (Å²) in [5.74, 6) is -0.360. The Morgan fingerprint density at radius 3 is 2.74 bits per heavy atom. The molecule has 19 heavy (non-hydrogen) atoms. The molecule has 0 aliphatic rings. The van der Waals surface area contributed by atoms with Crippen molar-refractivity contribution in [1.29, 1.82) is 0 Å². The average Bonchev–Trinajstić information content (AvgIpc) is 2.87. The van der Waals surface area contributed by atoms with Gasteiger partial charge in [-0.15, -0.1) is 0 Å². The Bertz CT molecular complexity index is 403. The fraction of sp³-hybridized carbons (Fsp3) is 0.538. The molecule has 0 spiro atoms. The number of carbonyl (C=O) groups is 2. The molecule has 0 bridgehead atoms. The van der Waals surface area contributed by atoms with Crippen molar-refractivity contribution in [3.05, 3.63) is 24.2 Å². The molecule has 0 fully saturated rings. The second kappa shape index (κ2) is 7.45. The first-order chi connectivity index (χ1) is 9.04. The monoisotopic (exact) mass is 268 g/mol. The van der Waals surface area contributed by atoms with E-state index in [2.05, 4.69) is 10.6 Å². The van der Waals surface area contributed by atoms with E-state index in [4.69, 9.17) is 9.52 Å². The highest BCUT2D eigenvalue weighted by Gasteiger charge is 2.24. The molecular formula is C13H20N2O4. The van der Waals surface area contributed by atoms with Crippen molar-refractivity contribution in [1.82, 2.24) is 10.6 Å². The fourth-order valence-corrected chi connectivity index (χ4v) is 1.63. The lowest BCUT2D eigenvalue weighted by atomic mass is 9.99. The van der Waals surface area contributed by atoms with Gasteiger partial charge in [0.05, 0.1) is 6.26 Å². The van der Waals surface area contributed by atoms with Crippen LogP contribution in [0.3, 0.4) is 0 Å². The average molecular weight is 268 g/mol. The summed E-state index contributed by atoms with van der Waals surface area (Å²) in [5, 5.41) is 14.1. The number of furan rings is 1. The van der Waals surface area contributed by atoms with Crippen molar-refractivity contribution in [3.8, 4) is 0 Å². The van der Waals surface area contributed by atoms with Gasteiger partial charge in [0.1, 0.15) is 11.8 Å². The third-order valence-electron chi connectivity index (χ3n) is 3.00. The van der Waals surface area contributed by atoms with Gasteiger partial charge >= 0.3 is 12.0 Å². The molecule has 0 aromatic carbocycles. The van der Waals surface area contributed by atoms with Gasteiger partial charge in [0, 0.05) is 13.0 Å². The molecule has 1 rings (SSSR count). The Balaban J connectivity index is 2.34. The molecule has 6 heteroatoms. The number of urea groups is 1. The summed E-state index contributed by atoms with van der Waals surface area (Å²) in [4.78, 5) is 22.6. The summed E-state index contributed by atoms with van der Waals surface area (Å²) < 4.78 is 5.12. The largest absolute Gasteiger partial charge is 0.480 e. The van der Waals surface area contributed by atoms with Crippen molar-refractivity contribution in [2.24, 2.45) is 5.92 Å². The lowest BCUT2D eigenvalue weighted by Crippen LogP contribution is -2.49. The first kappa shape index (κ1) is 15.1. The zero-order valence-electron chi connectivity index (χ0n) is 11.2. The van der Waals surface area contributed by atoms with Crippen molar-refractivity contribution in [2.75, 3.05) is 6.54 Å². The zero-order chi connectivity index (χ0) is 14.3. The van der Waals surface area contributed by atoms with Crippen LogP contribution in [0.15, 0.2) is 22.8 Å². The van der Waals surface area contributed by atoms with E-state index in [0.717, 1.165) is 5.76 Å². The molecule has 1 unspecified atom stereocenters. The van der Waals surface area contributed by atoms with E-state index in [9.17, 15) is 9.59 Å². The fourth-order valence-electron chi connectivity index (χ4n) is 1.63. The van der Waals surface area contributed by atoms with Gasteiger partial charge in [0.2, 0.25) is 0 Å². The van der Waals surface area contributed by atoms with Crippen molar-refractivity contribution < 1.29 is 19.1 Å². The summed E-state index contributed by atoms with van der Waals surface area (Å²) in [6, 6.07) is 2.25. The summed E-state index contributed by atoms with van der Waals surface area (Å²) in [6.07, 6.45) is 2.82. The van der Waals surface area contributed by atoms with Crippen LogP contribution in [0.2, 0.25) is 0 Å². The van der Waals surface area contributed by atoms with Crippen LogP contribution in [0.25, 0.3) is 0 Å². The van der Waals surface area contributed by atoms with Crippen LogP contribution in [0.4, 0.5) is 4.79 Å². The smallest absolute Gasteiger partial charge is 0.326 e. The lowest BCUT2D eigenvalue weighted by molar-refractivity contribution is -0.140. The summed E-state index contributed by atoms with van der Waals surface area (Å²) >= 11 is 0. The van der Waals surface area contributed by atoms with E-state index in [1.54, 1.807) is 19.3 Å². The Hall–Kier alpha value is -1.98. The Labute approximate surface area is 112 Å². The van der Waals surface area contributed by atoms with E-state index in [-0.39, 0.29) is 5.92 Å². The maximum Gasteiger partial charge on any atom is 0.326 e. The molecule has 2 amide bonds. The SMILES string of the molecule is CCC(C)[C@H](NC(=O)NCCc1ccco1)C(=O)O. The normalized spacial score (nSPS) is 13.6. The second-order valence-corrected chi connectivity index (χ2v) is 4.43. The molecule has 6 nitrogen and oxygen atoms in total. The molecule has 0 radical (unpaired) electrons. The van der Waals surface area contributed by atoms with Crippen LogP contribution in [0.5, 0.6) is 0 Å². The molecule has 3 N–H and O–H groups in total. The molecule has 106 valence electrons. The third kappa shape index (κ3) is 5.03. The van der Waals surface area contributed by atoms with E-state index in [1.807, 2.05) is 13.0 Å². The van der Waals surface area contributed by atoms with Gasteiger partial charge in [-0.1, -0.05) is 20.3 Å². The highest BCUT2D eigenvalue weighted by Crippen LogP contribution is 2.07. The van der Waals surface area contributed by atoms with E-state index < -0.39 is 18.0 Å². The molecule has 1 aromatic heterocycles. The molecule has 0 saturated carbocycles. The van der Waals surface area contributed by atoms with E-state index >= 15 is 0 Å². The van der Waals surface area contributed by atoms with Gasteiger partial charge in [-0.05, 0) is 18.1 Å². The number of hydrogen-bond acceptors (Lipinski definition) is 3. The van der Waals surface area contributed by atoms with Crippen LogP contribution < -0.4 is 10.6 Å². The summed E-state index contributed by atoms with van der Waals surface area (Å²) in [5.41, 5.74) is 0.